The first-order valence-electron chi connectivity index (χ1n) is 7.11. The highest BCUT2D eigenvalue weighted by molar-refractivity contribution is 6.07. The lowest BCUT2D eigenvalue weighted by atomic mass is 9.95. The minimum absolute atomic E-state index is 0.0236. The zero-order valence-corrected chi connectivity index (χ0v) is 11.2. The molecule has 0 unspecified atom stereocenters. The van der Waals surface area contributed by atoms with E-state index < -0.39 is 0 Å². The summed E-state index contributed by atoms with van der Waals surface area (Å²) in [4.78, 5) is 13.9. The zero-order chi connectivity index (χ0) is 13.7. The van der Waals surface area contributed by atoms with Crippen LogP contribution in [0.4, 0.5) is 5.69 Å². The SMILES string of the molecule is N#CCN1C(=O)Cn2c3c(c4cccc1c42)CCCC3. The Morgan fingerprint density at radius 1 is 1.25 bits per heavy atom. The summed E-state index contributed by atoms with van der Waals surface area (Å²) in [5, 5.41) is 10.2. The molecule has 1 aliphatic carbocycles. The maximum Gasteiger partial charge on any atom is 0.247 e. The second-order valence-electron chi connectivity index (χ2n) is 5.53. The fourth-order valence-electron chi connectivity index (χ4n) is 3.66. The maximum atomic E-state index is 12.3. The number of aryl methyl sites for hydroxylation is 1. The Hall–Kier alpha value is -2.28. The van der Waals surface area contributed by atoms with Crippen molar-refractivity contribution in [3.63, 3.8) is 0 Å². The molecule has 0 atom stereocenters. The number of nitrogens with zero attached hydrogens (tertiary/aromatic N) is 3. The molecule has 0 N–H and O–H groups in total. The van der Waals surface area contributed by atoms with Gasteiger partial charge in [-0.1, -0.05) is 12.1 Å². The number of carbonyl (C=O) groups excluding carboxylic acids is 1. The van der Waals surface area contributed by atoms with Gasteiger partial charge in [0.1, 0.15) is 13.1 Å². The normalized spacial score (nSPS) is 17.1. The van der Waals surface area contributed by atoms with E-state index in [1.807, 2.05) is 12.1 Å². The predicted molar refractivity (Wildman–Crippen MR) is 76.5 cm³/mol. The van der Waals surface area contributed by atoms with Crippen molar-refractivity contribution in [2.75, 3.05) is 11.4 Å². The van der Waals surface area contributed by atoms with E-state index in [0.717, 1.165) is 24.0 Å². The lowest BCUT2D eigenvalue weighted by Gasteiger charge is -2.27. The molecule has 2 aliphatic rings. The topological polar surface area (TPSA) is 49.0 Å². The fourth-order valence-corrected chi connectivity index (χ4v) is 3.66. The molecule has 1 amide bonds. The average Bonchev–Trinajstić information content (AvgIpc) is 2.79. The van der Waals surface area contributed by atoms with Crippen LogP contribution in [0, 0.1) is 11.3 Å². The molecule has 2 aromatic rings. The molecule has 0 saturated heterocycles. The Kier molecular flexibility index (Phi) is 2.37. The van der Waals surface area contributed by atoms with E-state index in [2.05, 4.69) is 16.7 Å². The van der Waals surface area contributed by atoms with Gasteiger partial charge in [0.2, 0.25) is 5.91 Å². The van der Waals surface area contributed by atoms with Crippen molar-refractivity contribution >= 4 is 22.5 Å². The van der Waals surface area contributed by atoms with Gasteiger partial charge in [0.15, 0.2) is 0 Å². The van der Waals surface area contributed by atoms with Crippen LogP contribution in [-0.4, -0.2) is 17.0 Å². The summed E-state index contributed by atoms with van der Waals surface area (Å²) in [6.45, 7) is 0.512. The predicted octanol–water partition coefficient (Wildman–Crippen LogP) is 2.39. The summed E-state index contributed by atoms with van der Waals surface area (Å²) in [7, 11) is 0. The van der Waals surface area contributed by atoms with Crippen molar-refractivity contribution < 1.29 is 4.79 Å². The molecule has 0 radical (unpaired) electrons. The molecule has 0 saturated carbocycles. The molecular formula is C16H15N3O. The molecule has 1 aromatic carbocycles. The van der Waals surface area contributed by atoms with E-state index in [9.17, 15) is 4.79 Å². The van der Waals surface area contributed by atoms with Crippen molar-refractivity contribution in [3.05, 3.63) is 29.5 Å². The highest BCUT2D eigenvalue weighted by atomic mass is 16.2. The lowest BCUT2D eigenvalue weighted by Crippen LogP contribution is -2.38. The second kappa shape index (κ2) is 4.11. The van der Waals surface area contributed by atoms with Gasteiger partial charge < -0.3 is 4.57 Å². The van der Waals surface area contributed by atoms with Crippen molar-refractivity contribution in [2.45, 2.75) is 32.2 Å². The van der Waals surface area contributed by atoms with Crippen LogP contribution >= 0.6 is 0 Å². The van der Waals surface area contributed by atoms with Gasteiger partial charge >= 0.3 is 0 Å². The molecule has 2 heterocycles. The van der Waals surface area contributed by atoms with Crippen LogP contribution in [0.3, 0.4) is 0 Å². The number of anilines is 1. The highest BCUT2D eigenvalue weighted by Crippen LogP contribution is 2.39. The standard InChI is InChI=1S/C16H15N3O/c17-8-9-18-14-7-3-5-12-11-4-1-2-6-13(11)19(16(12)14)10-15(18)20/h3,5,7H,1-2,4,6,9-10H2. The Labute approximate surface area is 117 Å². The fraction of sp³-hybridized carbons (Fsp3) is 0.375. The number of amides is 1. The van der Waals surface area contributed by atoms with Crippen LogP contribution in [0.25, 0.3) is 10.9 Å². The number of carbonyl (C=O) groups is 1. The van der Waals surface area contributed by atoms with Crippen LogP contribution in [0.1, 0.15) is 24.1 Å². The minimum atomic E-state index is 0.0236. The number of hydrogen-bond acceptors (Lipinski definition) is 2. The van der Waals surface area contributed by atoms with Crippen LogP contribution in [0.5, 0.6) is 0 Å². The van der Waals surface area contributed by atoms with Crippen molar-refractivity contribution in [1.82, 2.24) is 4.57 Å². The first kappa shape index (κ1) is 11.5. The van der Waals surface area contributed by atoms with Crippen LogP contribution in [-0.2, 0) is 24.2 Å². The minimum Gasteiger partial charge on any atom is -0.333 e. The van der Waals surface area contributed by atoms with Gasteiger partial charge in [0.25, 0.3) is 0 Å². The Bertz CT molecular complexity index is 766. The summed E-state index contributed by atoms with van der Waals surface area (Å²) in [5.74, 6) is 0.0236. The first-order valence-corrected chi connectivity index (χ1v) is 7.11. The summed E-state index contributed by atoms with van der Waals surface area (Å²) in [5.41, 5.74) is 4.80. The van der Waals surface area contributed by atoms with E-state index in [0.29, 0.717) is 6.54 Å². The second-order valence-corrected chi connectivity index (χ2v) is 5.53. The van der Waals surface area contributed by atoms with E-state index >= 15 is 0 Å². The van der Waals surface area contributed by atoms with Gasteiger partial charge in [-0.3, -0.25) is 9.69 Å². The third-order valence-electron chi connectivity index (χ3n) is 4.49. The van der Waals surface area contributed by atoms with Crippen LogP contribution in [0.15, 0.2) is 18.2 Å². The number of aromatic nitrogens is 1. The number of fused-ring (bicyclic) bond motifs is 3. The quantitative estimate of drug-likeness (QED) is 0.743. The van der Waals surface area contributed by atoms with E-state index in [1.54, 1.807) is 4.90 Å². The molecule has 0 spiro atoms. The monoisotopic (exact) mass is 265 g/mol. The molecule has 100 valence electrons. The van der Waals surface area contributed by atoms with Crippen LogP contribution in [0.2, 0.25) is 0 Å². The molecule has 4 nitrogen and oxygen atoms in total. The Balaban J connectivity index is 2.05. The average molecular weight is 265 g/mol. The molecule has 4 rings (SSSR count). The lowest BCUT2D eigenvalue weighted by molar-refractivity contribution is -0.119. The number of hydrogen-bond donors (Lipinski definition) is 0. The van der Waals surface area contributed by atoms with E-state index in [1.165, 1.54) is 29.5 Å². The number of nitriles is 1. The van der Waals surface area contributed by atoms with Crippen molar-refractivity contribution in [1.29, 1.82) is 5.26 Å². The third-order valence-corrected chi connectivity index (χ3v) is 4.49. The first-order chi connectivity index (χ1) is 9.81. The molecule has 1 aliphatic heterocycles. The van der Waals surface area contributed by atoms with Gasteiger partial charge in [-0.05, 0) is 37.3 Å². The molecule has 0 fully saturated rings. The van der Waals surface area contributed by atoms with Crippen molar-refractivity contribution in [2.24, 2.45) is 0 Å². The van der Waals surface area contributed by atoms with Gasteiger partial charge in [0, 0.05) is 11.1 Å². The highest BCUT2D eigenvalue weighted by Gasteiger charge is 2.30. The third kappa shape index (κ3) is 1.38. The van der Waals surface area contributed by atoms with E-state index in [4.69, 9.17) is 5.26 Å². The summed E-state index contributed by atoms with van der Waals surface area (Å²) >= 11 is 0. The molecular weight excluding hydrogens is 250 g/mol. The van der Waals surface area contributed by atoms with Gasteiger partial charge in [0.05, 0.1) is 17.3 Å². The molecule has 1 aromatic heterocycles. The van der Waals surface area contributed by atoms with Crippen LogP contribution < -0.4 is 4.90 Å². The maximum absolute atomic E-state index is 12.3. The summed E-state index contributed by atoms with van der Waals surface area (Å²) in [6.07, 6.45) is 4.60. The number of benzene rings is 1. The van der Waals surface area contributed by atoms with Gasteiger partial charge in [-0.2, -0.15) is 5.26 Å². The smallest absolute Gasteiger partial charge is 0.247 e. The summed E-state index contributed by atoms with van der Waals surface area (Å²) < 4.78 is 2.19. The molecule has 20 heavy (non-hydrogen) atoms. The Morgan fingerprint density at radius 2 is 2.10 bits per heavy atom. The largest absolute Gasteiger partial charge is 0.333 e. The van der Waals surface area contributed by atoms with Crippen molar-refractivity contribution in [3.8, 4) is 6.07 Å². The summed E-state index contributed by atoms with van der Waals surface area (Å²) in [6, 6.07) is 8.21. The molecule has 0 bridgehead atoms. The van der Waals surface area contributed by atoms with Gasteiger partial charge in [-0.15, -0.1) is 0 Å². The number of para-hydroxylation sites is 1. The Morgan fingerprint density at radius 3 is 2.95 bits per heavy atom. The molecule has 4 heteroatoms. The van der Waals surface area contributed by atoms with Gasteiger partial charge in [-0.25, -0.2) is 0 Å². The number of rotatable bonds is 1. The zero-order valence-electron chi connectivity index (χ0n) is 11.2. The van der Waals surface area contributed by atoms with E-state index in [-0.39, 0.29) is 12.5 Å².